The maximum atomic E-state index is 5.65. The van der Waals surface area contributed by atoms with Crippen molar-refractivity contribution in [3.05, 3.63) is 30.1 Å². The first-order chi connectivity index (χ1) is 6.40. The fourth-order valence-electron chi connectivity index (χ4n) is 1.23. The van der Waals surface area contributed by atoms with Gasteiger partial charge in [-0.25, -0.2) is 0 Å². The van der Waals surface area contributed by atoms with Crippen LogP contribution in [0.3, 0.4) is 0 Å². The van der Waals surface area contributed by atoms with Gasteiger partial charge in [-0.05, 0) is 12.1 Å². The van der Waals surface area contributed by atoms with Gasteiger partial charge in [0.1, 0.15) is 6.10 Å². The number of hydrogen-bond acceptors (Lipinski definition) is 3. The molecule has 0 bridgehead atoms. The van der Waals surface area contributed by atoms with Crippen molar-refractivity contribution < 1.29 is 4.84 Å². The molecule has 1 aromatic heterocycles. The molecule has 2 rings (SSSR count). The van der Waals surface area contributed by atoms with Gasteiger partial charge in [0, 0.05) is 24.4 Å². The van der Waals surface area contributed by atoms with Crippen LogP contribution in [0.15, 0.2) is 29.7 Å². The molecule has 1 atom stereocenters. The maximum absolute atomic E-state index is 5.65. The SMILES string of the molecule is ClC[C@@H]1CC(c2ccncc2)=NO1. The fraction of sp³-hybridized carbons (Fsp3) is 0.333. The molecular weight excluding hydrogens is 188 g/mol. The smallest absolute Gasteiger partial charge is 0.146 e. The van der Waals surface area contributed by atoms with Crippen LogP contribution in [0.2, 0.25) is 0 Å². The zero-order valence-corrected chi connectivity index (χ0v) is 7.74. The Hall–Kier alpha value is -1.09. The minimum Gasteiger partial charge on any atom is -0.391 e. The minimum absolute atomic E-state index is 0.0323. The zero-order chi connectivity index (χ0) is 9.10. The maximum Gasteiger partial charge on any atom is 0.146 e. The van der Waals surface area contributed by atoms with E-state index in [-0.39, 0.29) is 6.10 Å². The molecule has 0 spiro atoms. The van der Waals surface area contributed by atoms with Crippen LogP contribution in [0.4, 0.5) is 0 Å². The summed E-state index contributed by atoms with van der Waals surface area (Å²) in [6.07, 6.45) is 4.30. The molecule has 0 saturated heterocycles. The Morgan fingerprint density at radius 3 is 2.85 bits per heavy atom. The number of rotatable bonds is 2. The van der Waals surface area contributed by atoms with E-state index in [1.165, 1.54) is 0 Å². The second kappa shape index (κ2) is 3.75. The lowest BCUT2D eigenvalue weighted by atomic mass is 10.1. The molecule has 68 valence electrons. The number of aromatic nitrogens is 1. The zero-order valence-electron chi connectivity index (χ0n) is 6.98. The number of nitrogens with zero attached hydrogens (tertiary/aromatic N) is 2. The van der Waals surface area contributed by atoms with E-state index in [1.54, 1.807) is 12.4 Å². The van der Waals surface area contributed by atoms with Gasteiger partial charge in [-0.1, -0.05) is 5.16 Å². The predicted octanol–water partition coefficient (Wildman–Crippen LogP) is 1.81. The Morgan fingerprint density at radius 1 is 1.46 bits per heavy atom. The summed E-state index contributed by atoms with van der Waals surface area (Å²) in [5.41, 5.74) is 2.01. The molecule has 0 fully saturated rings. The van der Waals surface area contributed by atoms with Crippen molar-refractivity contribution >= 4 is 17.3 Å². The van der Waals surface area contributed by atoms with Gasteiger partial charge in [-0.3, -0.25) is 4.98 Å². The molecule has 0 N–H and O–H groups in total. The number of halogens is 1. The monoisotopic (exact) mass is 196 g/mol. The summed E-state index contributed by atoms with van der Waals surface area (Å²) < 4.78 is 0. The standard InChI is InChI=1S/C9H9ClN2O/c10-6-8-5-9(12-13-8)7-1-3-11-4-2-7/h1-4,8H,5-6H2/t8-/m0/s1. The van der Waals surface area contributed by atoms with Crippen LogP contribution in [0.25, 0.3) is 0 Å². The molecule has 0 aliphatic carbocycles. The van der Waals surface area contributed by atoms with Crippen molar-refractivity contribution in [1.29, 1.82) is 0 Å². The summed E-state index contributed by atoms with van der Waals surface area (Å²) in [6.45, 7) is 0. The van der Waals surface area contributed by atoms with Gasteiger partial charge >= 0.3 is 0 Å². The number of hydrogen-bond donors (Lipinski definition) is 0. The molecule has 1 aliphatic rings. The molecule has 0 radical (unpaired) electrons. The van der Waals surface area contributed by atoms with Crippen LogP contribution < -0.4 is 0 Å². The molecule has 1 aliphatic heterocycles. The first kappa shape index (κ1) is 8.51. The van der Waals surface area contributed by atoms with E-state index in [9.17, 15) is 0 Å². The highest BCUT2D eigenvalue weighted by Gasteiger charge is 2.20. The van der Waals surface area contributed by atoms with Gasteiger partial charge in [0.05, 0.1) is 11.6 Å². The summed E-state index contributed by atoms with van der Waals surface area (Å²) in [7, 11) is 0. The van der Waals surface area contributed by atoms with Gasteiger partial charge < -0.3 is 4.84 Å². The highest BCUT2D eigenvalue weighted by Crippen LogP contribution is 2.16. The van der Waals surface area contributed by atoms with E-state index >= 15 is 0 Å². The van der Waals surface area contributed by atoms with Gasteiger partial charge in [-0.15, -0.1) is 11.6 Å². The Balaban J connectivity index is 2.12. The second-order valence-corrected chi connectivity index (χ2v) is 3.17. The molecule has 0 aromatic carbocycles. The van der Waals surface area contributed by atoms with Crippen LogP contribution in [0, 0.1) is 0 Å². The highest BCUT2D eigenvalue weighted by molar-refractivity contribution is 6.18. The molecule has 4 heteroatoms. The van der Waals surface area contributed by atoms with Crippen molar-refractivity contribution in [3.8, 4) is 0 Å². The van der Waals surface area contributed by atoms with E-state index in [0.29, 0.717) is 5.88 Å². The quantitative estimate of drug-likeness (QED) is 0.677. The first-order valence-corrected chi connectivity index (χ1v) is 4.62. The van der Waals surface area contributed by atoms with E-state index in [2.05, 4.69) is 10.1 Å². The summed E-state index contributed by atoms with van der Waals surface area (Å²) in [5, 5.41) is 3.96. The lowest BCUT2D eigenvalue weighted by Gasteiger charge is -2.00. The van der Waals surface area contributed by atoms with Crippen LogP contribution >= 0.6 is 11.6 Å². The van der Waals surface area contributed by atoms with Gasteiger partial charge in [0.25, 0.3) is 0 Å². The predicted molar refractivity (Wildman–Crippen MR) is 51.0 cm³/mol. The van der Waals surface area contributed by atoms with Crippen molar-refractivity contribution in [2.24, 2.45) is 5.16 Å². The Kier molecular flexibility index (Phi) is 2.45. The Morgan fingerprint density at radius 2 is 2.23 bits per heavy atom. The molecule has 13 heavy (non-hydrogen) atoms. The van der Waals surface area contributed by atoms with Crippen LogP contribution in [0.5, 0.6) is 0 Å². The highest BCUT2D eigenvalue weighted by atomic mass is 35.5. The largest absolute Gasteiger partial charge is 0.391 e. The molecule has 1 aromatic rings. The fourth-order valence-corrected chi connectivity index (χ4v) is 1.39. The number of pyridine rings is 1. The van der Waals surface area contributed by atoms with Crippen molar-refractivity contribution in [2.75, 3.05) is 5.88 Å². The average Bonchev–Trinajstić information content (AvgIpc) is 2.67. The molecular formula is C9H9ClN2O. The van der Waals surface area contributed by atoms with E-state index in [0.717, 1.165) is 17.7 Å². The van der Waals surface area contributed by atoms with Crippen molar-refractivity contribution in [1.82, 2.24) is 4.98 Å². The molecule has 3 nitrogen and oxygen atoms in total. The third-order valence-electron chi connectivity index (χ3n) is 1.92. The lowest BCUT2D eigenvalue weighted by molar-refractivity contribution is 0.102. The number of oxime groups is 1. The molecule has 0 amide bonds. The van der Waals surface area contributed by atoms with E-state index < -0.39 is 0 Å². The lowest BCUT2D eigenvalue weighted by Crippen LogP contribution is -2.09. The average molecular weight is 197 g/mol. The van der Waals surface area contributed by atoms with Crippen molar-refractivity contribution in [3.63, 3.8) is 0 Å². The van der Waals surface area contributed by atoms with E-state index in [1.807, 2.05) is 12.1 Å². The van der Waals surface area contributed by atoms with E-state index in [4.69, 9.17) is 16.4 Å². The Labute approximate surface area is 81.4 Å². The Bertz CT molecular complexity index is 313. The van der Waals surface area contributed by atoms with Gasteiger partial charge in [0.15, 0.2) is 0 Å². The minimum atomic E-state index is 0.0323. The molecule has 0 saturated carbocycles. The summed E-state index contributed by atoms with van der Waals surface area (Å²) in [6, 6.07) is 3.83. The summed E-state index contributed by atoms with van der Waals surface area (Å²) in [4.78, 5) is 9.04. The number of alkyl halides is 1. The van der Waals surface area contributed by atoms with Crippen LogP contribution in [0.1, 0.15) is 12.0 Å². The normalized spacial score (nSPS) is 21.0. The van der Waals surface area contributed by atoms with Gasteiger partial charge in [0.2, 0.25) is 0 Å². The van der Waals surface area contributed by atoms with Gasteiger partial charge in [-0.2, -0.15) is 0 Å². The van der Waals surface area contributed by atoms with Crippen molar-refractivity contribution in [2.45, 2.75) is 12.5 Å². The molecule has 2 heterocycles. The second-order valence-electron chi connectivity index (χ2n) is 2.86. The van der Waals surface area contributed by atoms with Crippen LogP contribution in [-0.4, -0.2) is 22.7 Å². The first-order valence-electron chi connectivity index (χ1n) is 4.09. The van der Waals surface area contributed by atoms with Crippen LogP contribution in [-0.2, 0) is 4.84 Å². The topological polar surface area (TPSA) is 34.5 Å². The third-order valence-corrected chi connectivity index (χ3v) is 2.26. The molecule has 0 unspecified atom stereocenters. The summed E-state index contributed by atoms with van der Waals surface area (Å²) >= 11 is 5.65. The summed E-state index contributed by atoms with van der Waals surface area (Å²) in [5.74, 6) is 0.484. The third kappa shape index (κ3) is 1.80.